The van der Waals surface area contributed by atoms with Crippen LogP contribution in [0.5, 0.6) is 5.75 Å². The molecule has 7 nitrogen and oxygen atoms in total. The molecule has 1 aromatic heterocycles. The van der Waals surface area contributed by atoms with Gasteiger partial charge in [-0.2, -0.15) is 3.97 Å². The number of halogens is 1. The molecule has 134 valence electrons. The molecule has 9 heteroatoms. The third-order valence-corrected chi connectivity index (χ3v) is 5.59. The standard InChI is InChI=1S/C17H13ClN2O5S/c1-25-15-5-3-2-4-14(15)16(21)19-10-11-20(17(19)22)26(23,24)13-8-6-12(18)7-9-13/h2-11H,1H3. The number of ether oxygens (including phenoxy) is 1. The predicted molar refractivity (Wildman–Crippen MR) is 95.5 cm³/mol. The highest BCUT2D eigenvalue weighted by Gasteiger charge is 2.24. The Kier molecular flexibility index (Phi) is 4.71. The number of benzene rings is 2. The van der Waals surface area contributed by atoms with E-state index < -0.39 is 21.6 Å². The van der Waals surface area contributed by atoms with E-state index in [-0.39, 0.29) is 16.2 Å². The number of methoxy groups -OCH3 is 1. The molecule has 0 saturated heterocycles. The molecule has 0 unspecified atom stereocenters. The van der Waals surface area contributed by atoms with Crippen LogP contribution in [0.4, 0.5) is 0 Å². The van der Waals surface area contributed by atoms with E-state index in [9.17, 15) is 18.0 Å². The Hall–Kier alpha value is -2.84. The van der Waals surface area contributed by atoms with E-state index in [4.69, 9.17) is 16.3 Å². The second-order valence-corrected chi connectivity index (χ2v) is 7.46. The van der Waals surface area contributed by atoms with E-state index >= 15 is 0 Å². The minimum Gasteiger partial charge on any atom is -0.496 e. The molecule has 0 spiro atoms. The Bertz CT molecular complexity index is 1130. The molecule has 0 aliphatic carbocycles. The van der Waals surface area contributed by atoms with Crippen molar-refractivity contribution in [2.75, 3.05) is 7.11 Å². The largest absolute Gasteiger partial charge is 0.496 e. The highest BCUT2D eigenvalue weighted by Crippen LogP contribution is 2.19. The van der Waals surface area contributed by atoms with Crippen LogP contribution in [0.15, 0.2) is 70.6 Å². The van der Waals surface area contributed by atoms with Gasteiger partial charge >= 0.3 is 5.69 Å². The summed E-state index contributed by atoms with van der Waals surface area (Å²) in [6, 6.07) is 11.7. The van der Waals surface area contributed by atoms with Gasteiger partial charge in [0.2, 0.25) is 0 Å². The molecule has 0 aliphatic rings. The zero-order chi connectivity index (χ0) is 18.9. The summed E-state index contributed by atoms with van der Waals surface area (Å²) in [5, 5.41) is 0.361. The first-order valence-corrected chi connectivity index (χ1v) is 9.17. The molecule has 0 atom stereocenters. The molecule has 1 heterocycles. The van der Waals surface area contributed by atoms with E-state index in [1.165, 1.54) is 37.4 Å². The fraction of sp³-hybridized carbons (Fsp3) is 0.0588. The van der Waals surface area contributed by atoms with Gasteiger partial charge in [-0.3, -0.25) is 4.79 Å². The number of imidazole rings is 1. The first-order valence-electron chi connectivity index (χ1n) is 7.35. The zero-order valence-electron chi connectivity index (χ0n) is 13.5. The van der Waals surface area contributed by atoms with Gasteiger partial charge in [0.05, 0.1) is 17.6 Å². The lowest BCUT2D eigenvalue weighted by Gasteiger charge is -2.07. The summed E-state index contributed by atoms with van der Waals surface area (Å²) in [4.78, 5) is 25.0. The van der Waals surface area contributed by atoms with Crippen molar-refractivity contribution in [3.63, 3.8) is 0 Å². The Morgan fingerprint density at radius 1 is 1.04 bits per heavy atom. The second kappa shape index (κ2) is 6.81. The normalized spacial score (nSPS) is 11.3. The SMILES string of the molecule is COc1ccccc1C(=O)n1ccn(S(=O)(=O)c2ccc(Cl)cc2)c1=O. The van der Waals surface area contributed by atoms with Crippen molar-refractivity contribution in [3.8, 4) is 5.75 Å². The van der Waals surface area contributed by atoms with Crippen molar-refractivity contribution in [2.45, 2.75) is 4.90 Å². The van der Waals surface area contributed by atoms with Crippen LogP contribution in [0.3, 0.4) is 0 Å². The van der Waals surface area contributed by atoms with Gasteiger partial charge in [-0.25, -0.2) is 17.8 Å². The molecule has 0 saturated carbocycles. The number of carbonyl (C=O) groups is 1. The summed E-state index contributed by atoms with van der Waals surface area (Å²) in [6.07, 6.45) is 2.13. The topological polar surface area (TPSA) is 87.4 Å². The first kappa shape index (κ1) is 18.0. The highest BCUT2D eigenvalue weighted by molar-refractivity contribution is 7.90. The average Bonchev–Trinajstić information content (AvgIpc) is 3.03. The molecule has 0 radical (unpaired) electrons. The van der Waals surface area contributed by atoms with Crippen LogP contribution < -0.4 is 10.4 Å². The maximum absolute atomic E-state index is 12.6. The molecular weight excluding hydrogens is 380 g/mol. The minimum atomic E-state index is -4.16. The Morgan fingerprint density at radius 2 is 1.69 bits per heavy atom. The second-order valence-electron chi connectivity index (χ2n) is 5.21. The van der Waals surface area contributed by atoms with Crippen LogP contribution >= 0.6 is 11.6 Å². The molecule has 0 fully saturated rings. The van der Waals surface area contributed by atoms with Gasteiger partial charge in [-0.1, -0.05) is 23.7 Å². The fourth-order valence-corrected chi connectivity index (χ4v) is 3.71. The molecular formula is C17H13ClN2O5S. The summed E-state index contributed by atoms with van der Waals surface area (Å²) in [5.74, 6) is -0.421. The van der Waals surface area contributed by atoms with Gasteiger partial charge in [0, 0.05) is 17.4 Å². The smallest absolute Gasteiger partial charge is 0.349 e. The Morgan fingerprint density at radius 3 is 2.35 bits per heavy atom. The Labute approximate surface area is 154 Å². The fourth-order valence-electron chi connectivity index (χ4n) is 2.37. The first-order chi connectivity index (χ1) is 12.4. The van der Waals surface area contributed by atoms with Crippen molar-refractivity contribution in [3.05, 3.63) is 82.0 Å². The lowest BCUT2D eigenvalue weighted by atomic mass is 10.2. The van der Waals surface area contributed by atoms with Gasteiger partial charge in [0.25, 0.3) is 15.9 Å². The van der Waals surface area contributed by atoms with Crippen molar-refractivity contribution in [1.82, 2.24) is 8.54 Å². The third-order valence-electron chi connectivity index (χ3n) is 3.67. The minimum absolute atomic E-state index is 0.119. The van der Waals surface area contributed by atoms with Crippen LogP contribution in [0, 0.1) is 0 Å². The molecule has 3 aromatic rings. The molecule has 0 amide bonds. The highest BCUT2D eigenvalue weighted by atomic mass is 35.5. The maximum Gasteiger partial charge on any atom is 0.349 e. The lowest BCUT2D eigenvalue weighted by molar-refractivity contribution is 0.0953. The van der Waals surface area contributed by atoms with Gasteiger partial charge in [0.1, 0.15) is 5.75 Å². The van der Waals surface area contributed by atoms with Crippen molar-refractivity contribution >= 4 is 27.5 Å². The number of hydrogen-bond donors (Lipinski definition) is 0. The summed E-state index contributed by atoms with van der Waals surface area (Å²) < 4.78 is 31.6. The summed E-state index contributed by atoms with van der Waals surface area (Å²) >= 11 is 5.76. The van der Waals surface area contributed by atoms with Crippen molar-refractivity contribution in [2.24, 2.45) is 0 Å². The van der Waals surface area contributed by atoms with Gasteiger partial charge in [0.15, 0.2) is 0 Å². The molecule has 0 bridgehead atoms. The molecule has 2 aromatic carbocycles. The van der Waals surface area contributed by atoms with Crippen molar-refractivity contribution in [1.29, 1.82) is 0 Å². The van der Waals surface area contributed by atoms with Crippen LogP contribution in [0.2, 0.25) is 5.02 Å². The molecule has 3 rings (SSSR count). The number of hydrogen-bond acceptors (Lipinski definition) is 5. The van der Waals surface area contributed by atoms with E-state index in [1.807, 2.05) is 0 Å². The van der Waals surface area contributed by atoms with Crippen LogP contribution in [0.1, 0.15) is 10.4 Å². The van der Waals surface area contributed by atoms with Crippen LogP contribution in [0.25, 0.3) is 0 Å². The predicted octanol–water partition coefficient (Wildman–Crippen LogP) is 2.24. The van der Waals surface area contributed by atoms with Gasteiger partial charge in [-0.15, -0.1) is 0 Å². The van der Waals surface area contributed by atoms with E-state index in [0.29, 0.717) is 13.6 Å². The number of carbonyl (C=O) groups excluding carboxylic acids is 1. The number of rotatable bonds is 4. The quantitative estimate of drug-likeness (QED) is 0.679. The summed E-state index contributed by atoms with van der Waals surface area (Å²) in [7, 11) is -2.76. The lowest BCUT2D eigenvalue weighted by Crippen LogP contribution is -2.32. The number of aromatic nitrogens is 2. The third kappa shape index (κ3) is 3.04. The molecule has 0 aliphatic heterocycles. The Balaban J connectivity index is 2.07. The van der Waals surface area contributed by atoms with Crippen LogP contribution in [-0.2, 0) is 10.0 Å². The van der Waals surface area contributed by atoms with Gasteiger partial charge < -0.3 is 4.74 Å². The maximum atomic E-state index is 12.6. The van der Waals surface area contributed by atoms with E-state index in [1.54, 1.807) is 18.2 Å². The van der Waals surface area contributed by atoms with Gasteiger partial charge in [-0.05, 0) is 36.4 Å². The zero-order valence-corrected chi connectivity index (χ0v) is 15.1. The van der Waals surface area contributed by atoms with E-state index in [2.05, 4.69) is 0 Å². The van der Waals surface area contributed by atoms with E-state index in [0.717, 1.165) is 12.4 Å². The summed E-state index contributed by atoms with van der Waals surface area (Å²) in [5.41, 5.74) is -0.866. The number of para-hydroxylation sites is 1. The average molecular weight is 393 g/mol. The molecule has 0 N–H and O–H groups in total. The molecule has 26 heavy (non-hydrogen) atoms. The van der Waals surface area contributed by atoms with Crippen LogP contribution in [-0.4, -0.2) is 30.0 Å². The summed E-state index contributed by atoms with van der Waals surface area (Å²) in [6.45, 7) is 0. The monoisotopic (exact) mass is 392 g/mol. The van der Waals surface area contributed by atoms with Crippen molar-refractivity contribution < 1.29 is 17.9 Å². The number of nitrogens with zero attached hydrogens (tertiary/aromatic N) is 2.